The Bertz CT molecular complexity index is 970. The molecule has 5 nitrogen and oxygen atoms in total. The molecule has 0 unspecified atom stereocenters. The second-order valence-corrected chi connectivity index (χ2v) is 6.62. The number of fused-ring (bicyclic) bond motifs is 1. The third kappa shape index (κ3) is 3.69. The van der Waals surface area contributed by atoms with Gasteiger partial charge in [-0.05, 0) is 24.3 Å². The van der Waals surface area contributed by atoms with Gasteiger partial charge in [-0.2, -0.15) is 0 Å². The first-order chi connectivity index (χ1) is 13.1. The maximum Gasteiger partial charge on any atom is 0.506 e. The fourth-order valence-electron chi connectivity index (χ4n) is 3.56. The van der Waals surface area contributed by atoms with Gasteiger partial charge in [0, 0.05) is 42.6 Å². The molecule has 1 aliphatic heterocycles. The van der Waals surface area contributed by atoms with Crippen LogP contribution in [0.5, 0.6) is 0 Å². The number of pyridine rings is 1. The minimum Gasteiger partial charge on any atom is -0.450 e. The monoisotopic (exact) mass is 366 g/mol. The van der Waals surface area contributed by atoms with Gasteiger partial charge in [-0.1, -0.05) is 30.3 Å². The molecule has 1 aliphatic rings. The molecule has 1 saturated heterocycles. The Hall–Kier alpha value is -3.15. The van der Waals surface area contributed by atoms with Gasteiger partial charge in [-0.3, -0.25) is 0 Å². The van der Waals surface area contributed by atoms with Crippen LogP contribution in [-0.4, -0.2) is 35.4 Å². The van der Waals surface area contributed by atoms with E-state index in [2.05, 4.69) is 4.90 Å². The van der Waals surface area contributed by atoms with E-state index in [4.69, 9.17) is 14.8 Å². The van der Waals surface area contributed by atoms with Crippen LogP contribution in [0, 0.1) is 5.82 Å². The molecule has 1 aromatic heterocycles. The van der Waals surface area contributed by atoms with Crippen molar-refractivity contribution in [2.75, 3.05) is 18.0 Å². The Kier molecular flexibility index (Phi) is 4.62. The molecule has 1 N–H and O–H groups in total. The molecular weight excluding hydrogens is 347 g/mol. The minimum absolute atomic E-state index is 0.294. The lowest BCUT2D eigenvalue weighted by Gasteiger charge is -2.33. The number of nitrogens with zero attached hydrogens (tertiary/aromatic N) is 2. The van der Waals surface area contributed by atoms with Crippen LogP contribution in [0.3, 0.4) is 0 Å². The van der Waals surface area contributed by atoms with Gasteiger partial charge in [0.15, 0.2) is 0 Å². The Morgan fingerprint density at radius 3 is 2.56 bits per heavy atom. The van der Waals surface area contributed by atoms with Crippen molar-refractivity contribution >= 4 is 22.7 Å². The van der Waals surface area contributed by atoms with Crippen molar-refractivity contribution < 1.29 is 19.0 Å². The van der Waals surface area contributed by atoms with Crippen LogP contribution in [0.4, 0.5) is 14.9 Å². The number of piperidine rings is 1. The van der Waals surface area contributed by atoms with Crippen LogP contribution in [-0.2, 0) is 4.74 Å². The van der Waals surface area contributed by atoms with Crippen LogP contribution in [0.25, 0.3) is 22.2 Å². The first kappa shape index (κ1) is 17.3. The number of aromatic nitrogens is 1. The summed E-state index contributed by atoms with van der Waals surface area (Å²) in [4.78, 5) is 17.6. The van der Waals surface area contributed by atoms with Crippen LogP contribution >= 0.6 is 0 Å². The molecule has 2 aromatic carbocycles. The summed E-state index contributed by atoms with van der Waals surface area (Å²) in [5, 5.41) is 9.55. The highest BCUT2D eigenvalue weighted by Gasteiger charge is 2.24. The third-order valence-corrected chi connectivity index (χ3v) is 4.87. The molecule has 0 saturated carbocycles. The molecule has 2 heterocycles. The first-order valence-electron chi connectivity index (χ1n) is 8.90. The summed E-state index contributed by atoms with van der Waals surface area (Å²) in [7, 11) is 0. The lowest BCUT2D eigenvalue weighted by atomic mass is 10.0. The fraction of sp³-hybridized carbons (Fsp3) is 0.238. The summed E-state index contributed by atoms with van der Waals surface area (Å²) in [5.74, 6) is -0.304. The van der Waals surface area contributed by atoms with Gasteiger partial charge in [0.2, 0.25) is 0 Å². The Balaban J connectivity index is 1.72. The second kappa shape index (κ2) is 7.23. The molecule has 0 bridgehead atoms. The quantitative estimate of drug-likeness (QED) is 0.681. The highest BCUT2D eigenvalue weighted by Crippen LogP contribution is 2.33. The standard InChI is InChI=1S/C21H19FN2O3/c22-15-6-7-18-17(12-15)20(13-19(23-18)14-4-2-1-3-5-14)24-10-8-16(9-11-24)27-21(25)26/h1-7,12-13,16H,8-11H2,(H,25,26). The van der Waals surface area contributed by atoms with Crippen molar-refractivity contribution in [2.24, 2.45) is 0 Å². The van der Waals surface area contributed by atoms with E-state index in [0.717, 1.165) is 27.8 Å². The van der Waals surface area contributed by atoms with Gasteiger partial charge < -0.3 is 14.7 Å². The van der Waals surface area contributed by atoms with Gasteiger partial charge >= 0.3 is 6.16 Å². The minimum atomic E-state index is -1.24. The number of carbonyl (C=O) groups is 1. The number of carboxylic acid groups (broad SMARTS) is 1. The van der Waals surface area contributed by atoms with E-state index < -0.39 is 6.16 Å². The molecule has 0 atom stereocenters. The molecule has 1 fully saturated rings. The van der Waals surface area contributed by atoms with Crippen LogP contribution < -0.4 is 4.90 Å². The van der Waals surface area contributed by atoms with E-state index >= 15 is 0 Å². The summed E-state index contributed by atoms with van der Waals surface area (Å²) in [5.41, 5.74) is 3.46. The normalized spacial score (nSPS) is 15.1. The zero-order valence-corrected chi connectivity index (χ0v) is 14.6. The molecule has 3 aromatic rings. The number of rotatable bonds is 3. The average Bonchev–Trinajstić information content (AvgIpc) is 2.68. The van der Waals surface area contributed by atoms with Crippen LogP contribution in [0.2, 0.25) is 0 Å². The number of hydrogen-bond acceptors (Lipinski definition) is 4. The van der Waals surface area contributed by atoms with E-state index in [-0.39, 0.29) is 11.9 Å². The molecule has 0 radical (unpaired) electrons. The maximum absolute atomic E-state index is 13.9. The summed E-state index contributed by atoms with van der Waals surface area (Å²) < 4.78 is 18.8. The molecular formula is C21H19FN2O3. The number of anilines is 1. The molecule has 4 rings (SSSR count). The van der Waals surface area contributed by atoms with Crippen molar-refractivity contribution in [1.82, 2.24) is 4.98 Å². The van der Waals surface area contributed by atoms with Crippen LogP contribution in [0.15, 0.2) is 54.6 Å². The SMILES string of the molecule is O=C(O)OC1CCN(c2cc(-c3ccccc3)nc3ccc(F)cc23)CC1. The van der Waals surface area contributed by atoms with Crippen molar-refractivity contribution in [2.45, 2.75) is 18.9 Å². The summed E-state index contributed by atoms with van der Waals surface area (Å²) in [6, 6.07) is 16.5. The lowest BCUT2D eigenvalue weighted by molar-refractivity contribution is 0.0416. The Morgan fingerprint density at radius 1 is 1.11 bits per heavy atom. The van der Waals surface area contributed by atoms with Crippen molar-refractivity contribution in [3.8, 4) is 11.3 Å². The van der Waals surface area contributed by atoms with Gasteiger partial charge in [0.25, 0.3) is 0 Å². The third-order valence-electron chi connectivity index (χ3n) is 4.87. The topological polar surface area (TPSA) is 62.7 Å². The van der Waals surface area contributed by atoms with E-state index in [1.165, 1.54) is 12.1 Å². The molecule has 0 amide bonds. The molecule has 138 valence electrons. The van der Waals surface area contributed by atoms with Gasteiger partial charge in [0.05, 0.1) is 11.2 Å². The maximum atomic E-state index is 13.9. The zero-order valence-electron chi connectivity index (χ0n) is 14.6. The largest absolute Gasteiger partial charge is 0.506 e. The van der Waals surface area contributed by atoms with Gasteiger partial charge in [-0.25, -0.2) is 14.2 Å². The predicted molar refractivity (Wildman–Crippen MR) is 101 cm³/mol. The molecule has 6 heteroatoms. The van der Waals surface area contributed by atoms with E-state index in [1.807, 2.05) is 36.4 Å². The highest BCUT2D eigenvalue weighted by atomic mass is 19.1. The van der Waals surface area contributed by atoms with E-state index in [1.54, 1.807) is 6.07 Å². The number of ether oxygens (including phenoxy) is 1. The van der Waals surface area contributed by atoms with Crippen molar-refractivity contribution in [3.05, 3.63) is 60.4 Å². The molecule has 0 spiro atoms. The first-order valence-corrected chi connectivity index (χ1v) is 8.90. The number of halogens is 1. The lowest BCUT2D eigenvalue weighted by Crippen LogP contribution is -2.37. The number of hydrogen-bond donors (Lipinski definition) is 1. The molecule has 0 aliphatic carbocycles. The predicted octanol–water partition coefficient (Wildman–Crippen LogP) is 4.70. The highest BCUT2D eigenvalue weighted by molar-refractivity contribution is 5.94. The summed E-state index contributed by atoms with van der Waals surface area (Å²) in [6.07, 6.45) is -0.327. The van der Waals surface area contributed by atoms with Crippen molar-refractivity contribution in [1.29, 1.82) is 0 Å². The van der Waals surface area contributed by atoms with Crippen molar-refractivity contribution in [3.63, 3.8) is 0 Å². The number of benzene rings is 2. The van der Waals surface area contributed by atoms with E-state index in [0.29, 0.717) is 25.9 Å². The molecule has 27 heavy (non-hydrogen) atoms. The fourth-order valence-corrected chi connectivity index (χ4v) is 3.56. The van der Waals surface area contributed by atoms with Gasteiger partial charge in [0.1, 0.15) is 11.9 Å². The Labute approximate surface area is 156 Å². The Morgan fingerprint density at radius 2 is 1.85 bits per heavy atom. The average molecular weight is 366 g/mol. The summed E-state index contributed by atoms with van der Waals surface area (Å²) in [6.45, 7) is 1.28. The zero-order chi connectivity index (χ0) is 18.8. The van der Waals surface area contributed by atoms with Crippen LogP contribution in [0.1, 0.15) is 12.8 Å². The second-order valence-electron chi connectivity index (χ2n) is 6.62. The van der Waals surface area contributed by atoms with Gasteiger partial charge in [-0.15, -0.1) is 0 Å². The van der Waals surface area contributed by atoms with E-state index in [9.17, 15) is 9.18 Å². The smallest absolute Gasteiger partial charge is 0.450 e. The summed E-state index contributed by atoms with van der Waals surface area (Å²) >= 11 is 0.